The number of H-pyrrole nitrogens is 2. The Morgan fingerprint density at radius 1 is 1.45 bits per heavy atom. The van der Waals surface area contributed by atoms with Gasteiger partial charge >= 0.3 is 0 Å². The molecule has 20 heavy (non-hydrogen) atoms. The molecule has 0 bridgehead atoms. The van der Waals surface area contributed by atoms with Crippen molar-refractivity contribution in [2.24, 2.45) is 0 Å². The number of rotatable bonds is 4. The van der Waals surface area contributed by atoms with Crippen molar-refractivity contribution < 1.29 is 4.79 Å². The van der Waals surface area contributed by atoms with E-state index in [4.69, 9.17) is 11.6 Å². The smallest absolute Gasteiger partial charge is 0.261 e. The monoisotopic (exact) mass is 294 g/mol. The molecule has 0 saturated heterocycles. The van der Waals surface area contributed by atoms with E-state index < -0.39 is 11.5 Å². The van der Waals surface area contributed by atoms with Crippen LogP contribution in [0.25, 0.3) is 0 Å². The summed E-state index contributed by atoms with van der Waals surface area (Å²) in [6.45, 7) is 3.77. The molecule has 2 aromatic rings. The summed E-state index contributed by atoms with van der Waals surface area (Å²) in [6, 6.07) is 0. The molecule has 2 heterocycles. The number of nitrogens with zero attached hydrogens (tertiary/aromatic N) is 1. The van der Waals surface area contributed by atoms with E-state index in [2.05, 4.69) is 20.5 Å². The molecule has 0 fully saturated rings. The second-order valence-electron chi connectivity index (χ2n) is 4.51. The van der Waals surface area contributed by atoms with Crippen LogP contribution in [0.2, 0.25) is 5.02 Å². The average Bonchev–Trinajstić information content (AvgIpc) is 2.89. The van der Waals surface area contributed by atoms with Crippen LogP contribution < -0.4 is 10.9 Å². The van der Waals surface area contributed by atoms with Gasteiger partial charge in [0.05, 0.1) is 11.2 Å². The van der Waals surface area contributed by atoms with Crippen LogP contribution in [0.1, 0.15) is 27.2 Å². The van der Waals surface area contributed by atoms with Crippen molar-refractivity contribution in [2.75, 3.05) is 6.54 Å². The quantitative estimate of drug-likeness (QED) is 0.795. The number of nitrogens with one attached hydrogen (secondary N) is 3. The molecule has 2 aromatic heterocycles. The molecule has 0 aliphatic carbocycles. The van der Waals surface area contributed by atoms with Crippen LogP contribution >= 0.6 is 11.6 Å². The molecule has 106 valence electrons. The van der Waals surface area contributed by atoms with E-state index >= 15 is 0 Å². The topological polar surface area (TPSA) is 90.6 Å². The molecule has 0 unspecified atom stereocenters. The van der Waals surface area contributed by atoms with E-state index in [0.717, 1.165) is 5.56 Å². The number of pyridine rings is 1. The van der Waals surface area contributed by atoms with Gasteiger partial charge in [0, 0.05) is 18.4 Å². The molecule has 0 aliphatic heterocycles. The average molecular weight is 295 g/mol. The number of aromatic nitrogens is 3. The lowest BCUT2D eigenvalue weighted by atomic mass is 10.1. The summed E-state index contributed by atoms with van der Waals surface area (Å²) in [7, 11) is 0. The highest BCUT2D eigenvalue weighted by atomic mass is 35.5. The summed E-state index contributed by atoms with van der Waals surface area (Å²) < 4.78 is 0. The van der Waals surface area contributed by atoms with Gasteiger partial charge in [-0.3, -0.25) is 14.7 Å². The van der Waals surface area contributed by atoms with Gasteiger partial charge in [0.1, 0.15) is 5.56 Å². The largest absolute Gasteiger partial charge is 0.352 e. The third-order valence-corrected chi connectivity index (χ3v) is 3.61. The summed E-state index contributed by atoms with van der Waals surface area (Å²) in [4.78, 5) is 26.5. The normalized spacial score (nSPS) is 10.6. The van der Waals surface area contributed by atoms with Gasteiger partial charge in [0.2, 0.25) is 0 Å². The minimum Gasteiger partial charge on any atom is -0.352 e. The molecule has 3 N–H and O–H groups in total. The molecule has 0 saturated carbocycles. The van der Waals surface area contributed by atoms with Crippen LogP contribution in [-0.4, -0.2) is 27.6 Å². The Labute approximate surface area is 120 Å². The Hall–Kier alpha value is -2.08. The van der Waals surface area contributed by atoms with E-state index in [9.17, 15) is 9.59 Å². The number of hydrogen-bond acceptors (Lipinski definition) is 3. The van der Waals surface area contributed by atoms with Crippen LogP contribution in [0.15, 0.2) is 17.2 Å². The van der Waals surface area contributed by atoms with Gasteiger partial charge < -0.3 is 10.3 Å². The van der Waals surface area contributed by atoms with Crippen molar-refractivity contribution in [3.63, 3.8) is 0 Å². The second-order valence-corrected chi connectivity index (χ2v) is 4.88. The molecule has 0 atom stereocenters. The zero-order valence-electron chi connectivity index (χ0n) is 11.2. The first-order valence-electron chi connectivity index (χ1n) is 6.15. The van der Waals surface area contributed by atoms with E-state index in [-0.39, 0.29) is 5.56 Å². The number of aromatic amines is 2. The highest BCUT2D eigenvalue weighted by Crippen LogP contribution is 2.18. The predicted molar refractivity (Wildman–Crippen MR) is 76.2 cm³/mol. The molecule has 0 aromatic carbocycles. The van der Waals surface area contributed by atoms with Gasteiger partial charge in [0.25, 0.3) is 11.5 Å². The first-order valence-corrected chi connectivity index (χ1v) is 6.53. The van der Waals surface area contributed by atoms with Gasteiger partial charge in [-0.25, -0.2) is 0 Å². The second kappa shape index (κ2) is 5.92. The van der Waals surface area contributed by atoms with Crippen LogP contribution in [0.4, 0.5) is 0 Å². The predicted octanol–water partition coefficient (Wildman–Crippen LogP) is 1.34. The van der Waals surface area contributed by atoms with Gasteiger partial charge in [-0.2, -0.15) is 5.10 Å². The maximum atomic E-state index is 12.1. The van der Waals surface area contributed by atoms with Crippen LogP contribution in [0, 0.1) is 13.8 Å². The fraction of sp³-hybridized carbons (Fsp3) is 0.308. The van der Waals surface area contributed by atoms with Gasteiger partial charge in [-0.15, -0.1) is 0 Å². The lowest BCUT2D eigenvalue weighted by Crippen LogP contribution is -2.32. The number of amides is 1. The third kappa shape index (κ3) is 2.91. The summed E-state index contributed by atoms with van der Waals surface area (Å²) in [5.41, 5.74) is 1.67. The van der Waals surface area contributed by atoms with E-state index in [1.807, 2.05) is 0 Å². The number of hydrogen-bond donors (Lipinski definition) is 3. The highest BCUT2D eigenvalue weighted by molar-refractivity contribution is 6.32. The van der Waals surface area contributed by atoms with Crippen molar-refractivity contribution in [1.29, 1.82) is 0 Å². The van der Waals surface area contributed by atoms with Crippen molar-refractivity contribution in [2.45, 2.75) is 20.3 Å². The minimum absolute atomic E-state index is 0.0628. The Morgan fingerprint density at radius 2 is 2.20 bits per heavy atom. The van der Waals surface area contributed by atoms with Crippen LogP contribution in [-0.2, 0) is 6.42 Å². The van der Waals surface area contributed by atoms with Crippen molar-refractivity contribution in [3.8, 4) is 0 Å². The fourth-order valence-electron chi connectivity index (χ4n) is 1.95. The molecule has 0 radical (unpaired) electrons. The number of halogens is 1. The first-order chi connectivity index (χ1) is 9.50. The van der Waals surface area contributed by atoms with Gasteiger partial charge in [-0.1, -0.05) is 11.6 Å². The summed E-state index contributed by atoms with van der Waals surface area (Å²) in [5, 5.41) is 9.63. The molecule has 1 amide bonds. The van der Waals surface area contributed by atoms with Gasteiger partial charge in [0.15, 0.2) is 0 Å². The summed E-state index contributed by atoms with van der Waals surface area (Å²) >= 11 is 6.05. The third-order valence-electron chi connectivity index (χ3n) is 3.04. The van der Waals surface area contributed by atoms with Crippen molar-refractivity contribution in [3.05, 3.63) is 50.2 Å². The summed E-state index contributed by atoms with van der Waals surface area (Å²) in [6.07, 6.45) is 4.08. The van der Waals surface area contributed by atoms with Crippen LogP contribution in [0.5, 0.6) is 0 Å². The maximum absolute atomic E-state index is 12.1. The number of aryl methyl sites for hydroxylation is 1. The maximum Gasteiger partial charge on any atom is 0.261 e. The van der Waals surface area contributed by atoms with E-state index in [1.165, 1.54) is 0 Å². The Bertz CT molecular complexity index is 676. The Balaban J connectivity index is 2.10. The highest BCUT2D eigenvalue weighted by Gasteiger charge is 2.17. The lowest BCUT2D eigenvalue weighted by molar-refractivity contribution is 0.0952. The van der Waals surface area contributed by atoms with E-state index in [1.54, 1.807) is 26.2 Å². The number of carbonyl (C=O) groups is 1. The van der Waals surface area contributed by atoms with Crippen molar-refractivity contribution in [1.82, 2.24) is 20.5 Å². The first kappa shape index (κ1) is 14.3. The van der Waals surface area contributed by atoms with Crippen molar-refractivity contribution >= 4 is 17.5 Å². The minimum atomic E-state index is -0.426. The fourth-order valence-corrected chi connectivity index (χ4v) is 2.09. The Kier molecular flexibility index (Phi) is 4.24. The van der Waals surface area contributed by atoms with Crippen LogP contribution in [0.3, 0.4) is 0 Å². The number of carbonyl (C=O) groups excluding carboxylic acids is 1. The molecule has 7 heteroatoms. The lowest BCUT2D eigenvalue weighted by Gasteiger charge is -2.09. The summed E-state index contributed by atoms with van der Waals surface area (Å²) in [5.74, 6) is -0.422. The molecule has 6 nitrogen and oxygen atoms in total. The van der Waals surface area contributed by atoms with E-state index in [0.29, 0.717) is 29.2 Å². The molecule has 2 rings (SSSR count). The molecular weight excluding hydrogens is 280 g/mol. The molecule has 0 aliphatic rings. The van der Waals surface area contributed by atoms with Gasteiger partial charge in [-0.05, 0) is 31.4 Å². The Morgan fingerprint density at radius 3 is 2.85 bits per heavy atom. The molecular formula is C13H15ClN4O2. The standard InChI is InChI=1S/C13H15ClN4O2/c1-7-10(13(20)18-8(2)11(7)14)12(19)15-4-3-9-5-16-17-6-9/h5-6H,3-4H2,1-2H3,(H,15,19)(H,16,17)(H,18,20). The SMILES string of the molecule is Cc1[nH]c(=O)c(C(=O)NCCc2cn[nH]c2)c(C)c1Cl. The molecule has 0 spiro atoms. The zero-order chi connectivity index (χ0) is 14.7. The zero-order valence-corrected chi connectivity index (χ0v) is 12.0.